The van der Waals surface area contributed by atoms with E-state index in [2.05, 4.69) is 5.32 Å². The molecule has 3 amide bonds. The molecule has 1 aliphatic heterocycles. The fraction of sp³-hybridized carbons (Fsp3) is 0.471. The first kappa shape index (κ1) is 23.4. The smallest absolute Gasteiger partial charge is 0.336 e. The van der Waals surface area contributed by atoms with Crippen molar-refractivity contribution in [3.63, 3.8) is 0 Å². The molecule has 0 aliphatic carbocycles. The van der Waals surface area contributed by atoms with Gasteiger partial charge in [0, 0.05) is 18.8 Å². The van der Waals surface area contributed by atoms with Gasteiger partial charge in [-0.3, -0.25) is 14.4 Å². The summed E-state index contributed by atoms with van der Waals surface area (Å²) < 4.78 is 88.9. The van der Waals surface area contributed by atoms with E-state index in [0.29, 0.717) is 19.1 Å². The van der Waals surface area contributed by atoms with Crippen molar-refractivity contribution >= 4 is 23.4 Å². The predicted molar refractivity (Wildman–Crippen MR) is 88.4 cm³/mol. The van der Waals surface area contributed by atoms with E-state index in [1.165, 1.54) is 5.32 Å². The molecule has 0 unspecified atom stereocenters. The van der Waals surface area contributed by atoms with Crippen LogP contribution in [-0.4, -0.2) is 47.9 Å². The van der Waals surface area contributed by atoms with Crippen LogP contribution in [-0.2, 0) is 20.6 Å². The summed E-state index contributed by atoms with van der Waals surface area (Å²) in [6, 6.07) is -0.379. The molecule has 1 fully saturated rings. The highest BCUT2D eigenvalue weighted by Crippen LogP contribution is 2.33. The second-order valence-electron chi connectivity index (χ2n) is 6.66. The van der Waals surface area contributed by atoms with Crippen LogP contribution < -0.4 is 10.6 Å². The number of hydrogen-bond acceptors (Lipinski definition) is 3. The number of amides is 3. The third kappa shape index (κ3) is 5.60. The van der Waals surface area contributed by atoms with Crippen LogP contribution in [0, 0.1) is 11.7 Å². The summed E-state index contributed by atoms with van der Waals surface area (Å²) in [5.41, 5.74) is -1.89. The molecule has 0 bridgehead atoms. The molecule has 1 aromatic rings. The average molecular weight is 443 g/mol. The molecule has 166 valence electrons. The van der Waals surface area contributed by atoms with Crippen molar-refractivity contribution in [3.8, 4) is 0 Å². The van der Waals surface area contributed by atoms with Gasteiger partial charge in [-0.25, -0.2) is 4.39 Å². The number of carbonyl (C=O) groups is 3. The quantitative estimate of drug-likeness (QED) is 0.557. The lowest BCUT2D eigenvalue weighted by molar-refractivity contribution is -0.162. The molecule has 6 nitrogen and oxygen atoms in total. The number of halogens is 7. The normalized spacial score (nSPS) is 18.1. The first-order chi connectivity index (χ1) is 13.7. The molecule has 30 heavy (non-hydrogen) atoms. The van der Waals surface area contributed by atoms with Crippen molar-refractivity contribution in [2.24, 2.45) is 5.92 Å². The van der Waals surface area contributed by atoms with Crippen LogP contribution in [0.2, 0.25) is 0 Å². The number of carbonyl (C=O) groups excluding carboxylic acids is 3. The molecule has 2 atom stereocenters. The molecule has 2 rings (SSSR count). The lowest BCUT2D eigenvalue weighted by Crippen LogP contribution is -2.49. The Labute approximate surface area is 165 Å². The molecule has 2 N–H and O–H groups in total. The van der Waals surface area contributed by atoms with Crippen molar-refractivity contribution in [2.75, 3.05) is 18.4 Å². The number of nitrogens with zero attached hydrogens (tertiary/aromatic N) is 1. The molecule has 13 heteroatoms. The van der Waals surface area contributed by atoms with E-state index in [9.17, 15) is 45.1 Å². The first-order valence-electron chi connectivity index (χ1n) is 8.54. The molecular weight excluding hydrogens is 427 g/mol. The highest BCUT2D eigenvalue weighted by atomic mass is 19.4. The molecular formula is C17H16F7N3O3. The maximum Gasteiger partial charge on any atom is 0.419 e. The van der Waals surface area contributed by atoms with Gasteiger partial charge in [0.15, 0.2) is 0 Å². The van der Waals surface area contributed by atoms with Crippen molar-refractivity contribution in [1.82, 2.24) is 10.2 Å². The number of anilines is 1. The Morgan fingerprint density at radius 2 is 1.77 bits per heavy atom. The number of hydrogen-bond donors (Lipinski definition) is 2. The summed E-state index contributed by atoms with van der Waals surface area (Å²) in [6.07, 6.45) is -9.68. The van der Waals surface area contributed by atoms with E-state index in [1.54, 1.807) is 0 Å². The second-order valence-corrected chi connectivity index (χ2v) is 6.66. The fourth-order valence-corrected chi connectivity index (χ4v) is 2.71. The van der Waals surface area contributed by atoms with Crippen molar-refractivity contribution in [2.45, 2.75) is 31.7 Å². The van der Waals surface area contributed by atoms with Crippen LogP contribution >= 0.6 is 0 Å². The molecule has 0 aromatic heterocycles. The van der Waals surface area contributed by atoms with Gasteiger partial charge < -0.3 is 15.5 Å². The maximum atomic E-state index is 13.3. The summed E-state index contributed by atoms with van der Waals surface area (Å²) >= 11 is 0. The predicted octanol–water partition coefficient (Wildman–Crippen LogP) is 2.70. The van der Waals surface area contributed by atoms with E-state index < -0.39 is 53.4 Å². The molecule has 1 heterocycles. The average Bonchev–Trinajstić information content (AvgIpc) is 3.11. The Hall–Kier alpha value is -2.86. The Kier molecular flexibility index (Phi) is 6.62. The highest BCUT2D eigenvalue weighted by Gasteiger charge is 2.40. The summed E-state index contributed by atoms with van der Waals surface area (Å²) in [5.74, 6) is -5.97. The minimum atomic E-state index is -4.97. The van der Waals surface area contributed by atoms with Crippen molar-refractivity contribution < 1.29 is 45.1 Å². The van der Waals surface area contributed by atoms with Crippen LogP contribution in [0.1, 0.15) is 18.9 Å². The zero-order valence-corrected chi connectivity index (χ0v) is 15.3. The van der Waals surface area contributed by atoms with E-state index in [4.69, 9.17) is 0 Å². The molecule has 1 saturated heterocycles. The zero-order valence-electron chi connectivity index (χ0n) is 15.3. The molecule has 0 spiro atoms. The Morgan fingerprint density at radius 3 is 2.33 bits per heavy atom. The third-order valence-electron chi connectivity index (χ3n) is 4.42. The third-order valence-corrected chi connectivity index (χ3v) is 4.42. The van der Waals surface area contributed by atoms with E-state index >= 15 is 0 Å². The SMILES string of the molecule is C[C@@H](NC(=O)C(=O)N1CC[C@H](C(=O)Nc2ccc(F)c(C(F)(F)F)c2)C1)C(F)(F)F. The second kappa shape index (κ2) is 8.48. The summed E-state index contributed by atoms with van der Waals surface area (Å²) in [4.78, 5) is 36.8. The molecule has 1 aromatic carbocycles. The number of likely N-dealkylation sites (tertiary alicyclic amines) is 1. The highest BCUT2D eigenvalue weighted by molar-refractivity contribution is 6.35. The topological polar surface area (TPSA) is 78.5 Å². The lowest BCUT2D eigenvalue weighted by atomic mass is 10.1. The number of rotatable bonds is 3. The van der Waals surface area contributed by atoms with E-state index in [-0.39, 0.29) is 25.2 Å². The number of nitrogens with one attached hydrogen (secondary N) is 2. The summed E-state index contributed by atoms with van der Waals surface area (Å²) in [7, 11) is 0. The summed E-state index contributed by atoms with van der Waals surface area (Å²) in [6.45, 7) is 0.233. The van der Waals surface area contributed by atoms with Gasteiger partial charge in [0.25, 0.3) is 0 Å². The van der Waals surface area contributed by atoms with Crippen molar-refractivity contribution in [1.29, 1.82) is 0 Å². The van der Waals surface area contributed by atoms with Gasteiger partial charge in [-0.1, -0.05) is 0 Å². The van der Waals surface area contributed by atoms with Crippen LogP contribution in [0.25, 0.3) is 0 Å². The molecule has 0 radical (unpaired) electrons. The van der Waals surface area contributed by atoms with Gasteiger partial charge in [-0.05, 0) is 31.5 Å². The monoisotopic (exact) mass is 443 g/mol. The fourth-order valence-electron chi connectivity index (χ4n) is 2.71. The van der Waals surface area contributed by atoms with Gasteiger partial charge in [0.2, 0.25) is 5.91 Å². The lowest BCUT2D eigenvalue weighted by Gasteiger charge is -2.20. The maximum absolute atomic E-state index is 13.3. The Morgan fingerprint density at radius 1 is 1.13 bits per heavy atom. The zero-order chi connectivity index (χ0) is 22.9. The molecule has 0 saturated carbocycles. The minimum Gasteiger partial charge on any atom is -0.336 e. The van der Waals surface area contributed by atoms with Crippen molar-refractivity contribution in [3.05, 3.63) is 29.6 Å². The van der Waals surface area contributed by atoms with E-state index in [0.717, 1.165) is 11.0 Å². The largest absolute Gasteiger partial charge is 0.419 e. The molecule has 1 aliphatic rings. The Bertz CT molecular complexity index is 839. The van der Waals surface area contributed by atoms with Gasteiger partial charge >= 0.3 is 24.2 Å². The van der Waals surface area contributed by atoms with Crippen LogP contribution in [0.3, 0.4) is 0 Å². The Balaban J connectivity index is 1.98. The van der Waals surface area contributed by atoms with Crippen LogP contribution in [0.5, 0.6) is 0 Å². The standard InChI is InChI=1S/C17H16F7N3O3/c1-8(16(19,20)21)25-14(29)15(30)27-5-4-9(7-27)13(28)26-10-2-3-12(18)11(6-10)17(22,23)24/h2-3,6,8-9H,4-5,7H2,1H3,(H,25,29)(H,26,28)/t8-,9+/m1/s1. The first-order valence-corrected chi connectivity index (χ1v) is 8.54. The van der Waals surface area contributed by atoms with E-state index in [1.807, 2.05) is 0 Å². The number of benzene rings is 1. The van der Waals surface area contributed by atoms with Gasteiger partial charge in [0.1, 0.15) is 11.9 Å². The van der Waals surface area contributed by atoms with Crippen LogP contribution in [0.15, 0.2) is 18.2 Å². The summed E-state index contributed by atoms with van der Waals surface area (Å²) in [5, 5.41) is 3.68. The number of alkyl halides is 6. The van der Waals surface area contributed by atoms with Gasteiger partial charge in [-0.15, -0.1) is 0 Å². The van der Waals surface area contributed by atoms with Crippen LogP contribution in [0.4, 0.5) is 36.4 Å². The van der Waals surface area contributed by atoms with Gasteiger partial charge in [-0.2, -0.15) is 26.3 Å². The van der Waals surface area contributed by atoms with Gasteiger partial charge in [0.05, 0.1) is 11.5 Å². The minimum absolute atomic E-state index is 0.0347.